The largest absolute Gasteiger partial charge is 0.493 e. The van der Waals surface area contributed by atoms with E-state index in [1.54, 1.807) is 7.11 Å². The third-order valence-electron chi connectivity index (χ3n) is 3.80. The lowest BCUT2D eigenvalue weighted by Crippen LogP contribution is -2.20. The summed E-state index contributed by atoms with van der Waals surface area (Å²) in [5.41, 5.74) is 2.62. The van der Waals surface area contributed by atoms with E-state index in [0.29, 0.717) is 5.92 Å². The Bertz CT molecular complexity index is 482. The molecule has 0 amide bonds. The van der Waals surface area contributed by atoms with Crippen molar-refractivity contribution < 1.29 is 9.47 Å². The fourth-order valence-electron chi connectivity index (χ4n) is 2.99. The number of benzene rings is 1. The second kappa shape index (κ2) is 4.65. The lowest BCUT2D eigenvalue weighted by atomic mass is 9.86. The Labute approximate surface area is 108 Å². The van der Waals surface area contributed by atoms with Crippen molar-refractivity contribution in [2.24, 2.45) is 0 Å². The van der Waals surface area contributed by atoms with Gasteiger partial charge in [-0.15, -0.1) is 0 Å². The van der Waals surface area contributed by atoms with Gasteiger partial charge in [-0.3, -0.25) is 0 Å². The van der Waals surface area contributed by atoms with Crippen LogP contribution in [-0.2, 0) is 6.54 Å². The Morgan fingerprint density at radius 1 is 1.44 bits per heavy atom. The Hall–Kier alpha value is -1.48. The molecular weight excluding hydrogens is 226 g/mol. The van der Waals surface area contributed by atoms with Gasteiger partial charge in [0.15, 0.2) is 11.5 Å². The fourth-order valence-corrected chi connectivity index (χ4v) is 2.99. The fraction of sp³-hybridized carbons (Fsp3) is 0.467. The number of fused-ring (bicyclic) bond motifs is 3. The molecule has 96 valence electrons. The lowest BCUT2D eigenvalue weighted by molar-refractivity contribution is 0.198. The number of hydrogen-bond acceptors (Lipinski definition) is 3. The van der Waals surface area contributed by atoms with Crippen LogP contribution in [0.1, 0.15) is 29.9 Å². The van der Waals surface area contributed by atoms with Crippen molar-refractivity contribution in [3.63, 3.8) is 0 Å². The molecule has 2 atom stereocenters. The van der Waals surface area contributed by atoms with E-state index in [4.69, 9.17) is 9.47 Å². The first-order valence-corrected chi connectivity index (χ1v) is 6.53. The smallest absolute Gasteiger partial charge is 0.165 e. The van der Waals surface area contributed by atoms with Crippen molar-refractivity contribution in [2.45, 2.75) is 31.4 Å². The summed E-state index contributed by atoms with van der Waals surface area (Å²) in [7, 11) is 3.68. The SMILES string of the molecule is CNCc1ccc(OC)c2c1C1C=CCC[C@@H]1O2. The van der Waals surface area contributed by atoms with E-state index in [9.17, 15) is 0 Å². The molecule has 1 heterocycles. The van der Waals surface area contributed by atoms with Gasteiger partial charge in [0.2, 0.25) is 0 Å². The molecule has 0 saturated heterocycles. The molecule has 1 aromatic rings. The molecule has 0 bridgehead atoms. The number of methoxy groups -OCH3 is 1. The van der Waals surface area contributed by atoms with Crippen molar-refractivity contribution in [1.29, 1.82) is 0 Å². The highest BCUT2D eigenvalue weighted by Gasteiger charge is 2.37. The summed E-state index contributed by atoms with van der Waals surface area (Å²) in [6.45, 7) is 0.868. The topological polar surface area (TPSA) is 30.5 Å². The first-order chi connectivity index (χ1) is 8.85. The number of hydrogen-bond donors (Lipinski definition) is 1. The van der Waals surface area contributed by atoms with Crippen LogP contribution >= 0.6 is 0 Å². The minimum absolute atomic E-state index is 0.289. The van der Waals surface area contributed by atoms with Gasteiger partial charge in [-0.1, -0.05) is 18.2 Å². The molecule has 1 unspecified atom stereocenters. The molecular formula is C15H19NO2. The molecule has 3 rings (SSSR count). The highest BCUT2D eigenvalue weighted by atomic mass is 16.5. The summed E-state index contributed by atoms with van der Waals surface area (Å²) in [4.78, 5) is 0. The zero-order chi connectivity index (χ0) is 12.5. The Kier molecular flexibility index (Phi) is 3.00. The summed E-state index contributed by atoms with van der Waals surface area (Å²) >= 11 is 0. The van der Waals surface area contributed by atoms with Gasteiger partial charge in [-0.2, -0.15) is 0 Å². The monoisotopic (exact) mass is 245 g/mol. The average molecular weight is 245 g/mol. The van der Waals surface area contributed by atoms with Gasteiger partial charge < -0.3 is 14.8 Å². The van der Waals surface area contributed by atoms with E-state index >= 15 is 0 Å². The van der Waals surface area contributed by atoms with E-state index < -0.39 is 0 Å². The van der Waals surface area contributed by atoms with Gasteiger partial charge in [-0.25, -0.2) is 0 Å². The van der Waals surface area contributed by atoms with Crippen molar-refractivity contribution in [1.82, 2.24) is 5.32 Å². The maximum Gasteiger partial charge on any atom is 0.165 e. The molecule has 1 aliphatic carbocycles. The van der Waals surface area contributed by atoms with Crippen LogP contribution in [0.4, 0.5) is 0 Å². The van der Waals surface area contributed by atoms with Crippen LogP contribution in [-0.4, -0.2) is 20.3 Å². The number of ether oxygens (including phenoxy) is 2. The predicted octanol–water partition coefficient (Wildman–Crippen LogP) is 2.61. The van der Waals surface area contributed by atoms with E-state index in [1.807, 2.05) is 13.1 Å². The van der Waals surface area contributed by atoms with Crippen molar-refractivity contribution in [3.8, 4) is 11.5 Å². The van der Waals surface area contributed by atoms with Gasteiger partial charge in [-0.05, 0) is 31.5 Å². The highest BCUT2D eigenvalue weighted by Crippen LogP contribution is 2.49. The van der Waals surface area contributed by atoms with Crippen LogP contribution in [0.5, 0.6) is 11.5 Å². The van der Waals surface area contributed by atoms with Crippen LogP contribution in [0.3, 0.4) is 0 Å². The van der Waals surface area contributed by atoms with Crippen LogP contribution < -0.4 is 14.8 Å². The second-order valence-electron chi connectivity index (χ2n) is 4.89. The third-order valence-corrected chi connectivity index (χ3v) is 3.80. The van der Waals surface area contributed by atoms with Gasteiger partial charge >= 0.3 is 0 Å². The summed E-state index contributed by atoms with van der Waals surface area (Å²) in [5, 5.41) is 3.23. The molecule has 3 nitrogen and oxygen atoms in total. The molecule has 0 fully saturated rings. The molecule has 0 saturated carbocycles. The Morgan fingerprint density at radius 2 is 2.33 bits per heavy atom. The van der Waals surface area contributed by atoms with Crippen LogP contribution in [0.25, 0.3) is 0 Å². The Morgan fingerprint density at radius 3 is 3.11 bits per heavy atom. The third kappa shape index (κ3) is 1.70. The molecule has 1 aliphatic heterocycles. The summed E-state index contributed by atoms with van der Waals surface area (Å²) in [5.74, 6) is 2.20. The van der Waals surface area contributed by atoms with Gasteiger partial charge in [0.05, 0.1) is 7.11 Å². The van der Waals surface area contributed by atoms with Crippen molar-refractivity contribution in [2.75, 3.05) is 14.2 Å². The highest BCUT2D eigenvalue weighted by molar-refractivity contribution is 5.57. The molecule has 0 radical (unpaired) electrons. The minimum Gasteiger partial charge on any atom is -0.493 e. The first-order valence-electron chi connectivity index (χ1n) is 6.53. The lowest BCUT2D eigenvalue weighted by Gasteiger charge is -2.19. The zero-order valence-electron chi connectivity index (χ0n) is 10.9. The first kappa shape index (κ1) is 11.6. The molecule has 0 spiro atoms. The van der Waals surface area contributed by atoms with Gasteiger partial charge in [0, 0.05) is 18.0 Å². The predicted molar refractivity (Wildman–Crippen MR) is 71.3 cm³/mol. The van der Waals surface area contributed by atoms with E-state index in [-0.39, 0.29) is 6.10 Å². The number of rotatable bonds is 3. The zero-order valence-corrected chi connectivity index (χ0v) is 10.9. The summed E-state index contributed by atoms with van der Waals surface area (Å²) in [6, 6.07) is 4.15. The number of allylic oxidation sites excluding steroid dienone is 1. The maximum absolute atomic E-state index is 6.12. The minimum atomic E-state index is 0.289. The molecule has 3 heteroatoms. The average Bonchev–Trinajstić information content (AvgIpc) is 2.79. The Balaban J connectivity index is 2.10. The van der Waals surface area contributed by atoms with Crippen LogP contribution in [0, 0.1) is 0 Å². The normalized spacial score (nSPS) is 24.3. The van der Waals surface area contributed by atoms with Crippen molar-refractivity contribution >= 4 is 0 Å². The van der Waals surface area contributed by atoms with Crippen molar-refractivity contribution in [3.05, 3.63) is 35.4 Å². The summed E-state index contributed by atoms with van der Waals surface area (Å²) in [6.07, 6.45) is 7.05. The summed E-state index contributed by atoms with van der Waals surface area (Å²) < 4.78 is 11.5. The second-order valence-corrected chi connectivity index (χ2v) is 4.89. The molecule has 2 aliphatic rings. The van der Waals surface area contributed by atoms with Crippen LogP contribution in [0.15, 0.2) is 24.3 Å². The molecule has 1 aromatic carbocycles. The van der Waals surface area contributed by atoms with Gasteiger partial charge in [0.1, 0.15) is 6.10 Å². The van der Waals surface area contributed by atoms with Crippen LogP contribution in [0.2, 0.25) is 0 Å². The molecule has 18 heavy (non-hydrogen) atoms. The van der Waals surface area contributed by atoms with E-state index in [1.165, 1.54) is 11.1 Å². The number of nitrogens with one attached hydrogen (secondary N) is 1. The maximum atomic E-state index is 6.12. The van der Waals surface area contributed by atoms with E-state index in [2.05, 4.69) is 23.5 Å². The van der Waals surface area contributed by atoms with E-state index in [0.717, 1.165) is 30.9 Å². The van der Waals surface area contributed by atoms with Gasteiger partial charge in [0.25, 0.3) is 0 Å². The molecule has 0 aromatic heterocycles. The standard InChI is InChI=1S/C15H19NO2/c1-16-9-10-7-8-13(17-2)15-14(10)11-5-3-4-6-12(11)18-15/h3,5,7-8,11-12,16H,4,6,9H2,1-2H3/t11?,12-/m0/s1. The molecule has 1 N–H and O–H groups in total. The quantitative estimate of drug-likeness (QED) is 0.830.